The zero-order valence-corrected chi connectivity index (χ0v) is 15.6. The largest absolute Gasteiger partial charge is 0.506 e. The van der Waals surface area contributed by atoms with Crippen molar-refractivity contribution < 1.29 is 19.3 Å². The van der Waals surface area contributed by atoms with Crippen LogP contribution in [0.1, 0.15) is 11.4 Å². The number of allylic oxidation sites excluding steroid dienone is 1. The lowest BCUT2D eigenvalue weighted by Gasteiger charge is -2.14. The highest BCUT2D eigenvalue weighted by Crippen LogP contribution is 2.40. The van der Waals surface area contributed by atoms with Crippen LogP contribution in [-0.4, -0.2) is 36.4 Å². The van der Waals surface area contributed by atoms with Gasteiger partial charge in [0.1, 0.15) is 17.4 Å². The number of aliphatic hydroxyl groups is 1. The fourth-order valence-electron chi connectivity index (χ4n) is 2.68. The van der Waals surface area contributed by atoms with Crippen molar-refractivity contribution in [1.82, 2.24) is 9.97 Å². The number of aliphatic hydroxyl groups excluding tert-OH is 1. The van der Waals surface area contributed by atoms with Gasteiger partial charge in [-0.25, -0.2) is 4.98 Å². The second kappa shape index (κ2) is 7.48. The van der Waals surface area contributed by atoms with Crippen molar-refractivity contribution >= 4 is 34.0 Å². The van der Waals surface area contributed by atoms with Gasteiger partial charge in [-0.3, -0.25) is 0 Å². The van der Waals surface area contributed by atoms with Crippen LogP contribution in [0.25, 0.3) is 22.4 Å². The summed E-state index contributed by atoms with van der Waals surface area (Å²) in [4.78, 5) is 7.34. The van der Waals surface area contributed by atoms with E-state index < -0.39 is 0 Å². The third-order valence-electron chi connectivity index (χ3n) is 3.97. The highest BCUT2D eigenvalue weighted by Gasteiger charge is 2.19. The SMILES string of the molecule is COc1cc(/C(O)=C(\C#N)c2nc3ccc(Cl)cc3[nH]2)cc(OC)c1OC. The minimum Gasteiger partial charge on any atom is -0.506 e. The number of methoxy groups -OCH3 is 3. The number of aromatic nitrogens is 2. The summed E-state index contributed by atoms with van der Waals surface area (Å²) >= 11 is 5.98. The molecule has 138 valence electrons. The van der Waals surface area contributed by atoms with Gasteiger partial charge >= 0.3 is 0 Å². The van der Waals surface area contributed by atoms with Crippen LogP contribution in [0.3, 0.4) is 0 Å². The lowest BCUT2D eigenvalue weighted by Crippen LogP contribution is -1.98. The molecule has 0 aliphatic heterocycles. The Hall–Kier alpha value is -3.37. The molecule has 0 bridgehead atoms. The molecule has 2 N–H and O–H groups in total. The van der Waals surface area contributed by atoms with Gasteiger partial charge < -0.3 is 24.3 Å². The second-order valence-corrected chi connectivity index (χ2v) is 5.93. The molecule has 0 spiro atoms. The molecule has 3 rings (SSSR count). The average molecular weight is 386 g/mol. The summed E-state index contributed by atoms with van der Waals surface area (Å²) in [6, 6.07) is 10.2. The Morgan fingerprint density at radius 1 is 1.11 bits per heavy atom. The summed E-state index contributed by atoms with van der Waals surface area (Å²) in [7, 11) is 4.42. The van der Waals surface area contributed by atoms with Gasteiger partial charge in [0.15, 0.2) is 17.3 Å². The first-order valence-electron chi connectivity index (χ1n) is 7.81. The predicted molar refractivity (Wildman–Crippen MR) is 102 cm³/mol. The average Bonchev–Trinajstić information content (AvgIpc) is 3.09. The predicted octanol–water partition coefficient (Wildman–Crippen LogP) is 4.19. The Labute approximate surface area is 160 Å². The van der Waals surface area contributed by atoms with E-state index in [9.17, 15) is 10.4 Å². The van der Waals surface area contributed by atoms with Crippen LogP contribution < -0.4 is 14.2 Å². The molecule has 1 aromatic heterocycles. The van der Waals surface area contributed by atoms with E-state index in [1.165, 1.54) is 21.3 Å². The first kappa shape index (κ1) is 18.4. The van der Waals surface area contributed by atoms with Crippen molar-refractivity contribution in [2.24, 2.45) is 0 Å². The number of hydrogen-bond acceptors (Lipinski definition) is 6. The van der Waals surface area contributed by atoms with Crippen LogP contribution in [0.4, 0.5) is 0 Å². The Morgan fingerprint density at radius 3 is 2.33 bits per heavy atom. The summed E-state index contributed by atoms with van der Waals surface area (Å²) in [5.74, 6) is 1.04. The number of rotatable bonds is 5. The molecular weight excluding hydrogens is 370 g/mol. The molecule has 0 amide bonds. The second-order valence-electron chi connectivity index (χ2n) is 5.50. The minimum absolute atomic E-state index is 0.0309. The van der Waals surface area contributed by atoms with E-state index in [-0.39, 0.29) is 17.2 Å². The number of H-pyrrole nitrogens is 1. The van der Waals surface area contributed by atoms with E-state index in [0.29, 0.717) is 38.9 Å². The number of imidazole rings is 1. The third kappa shape index (κ3) is 3.35. The molecule has 7 nitrogen and oxygen atoms in total. The Balaban J connectivity index is 2.18. The molecule has 0 saturated heterocycles. The summed E-state index contributed by atoms with van der Waals surface area (Å²) < 4.78 is 15.9. The van der Waals surface area contributed by atoms with Crippen LogP contribution in [0, 0.1) is 11.3 Å². The quantitative estimate of drug-likeness (QED) is 0.504. The van der Waals surface area contributed by atoms with Crippen molar-refractivity contribution in [1.29, 1.82) is 5.26 Å². The van der Waals surface area contributed by atoms with Gasteiger partial charge in [-0.05, 0) is 30.3 Å². The fraction of sp³-hybridized carbons (Fsp3) is 0.158. The molecule has 0 saturated carbocycles. The summed E-state index contributed by atoms with van der Waals surface area (Å²) in [5, 5.41) is 20.9. The summed E-state index contributed by atoms with van der Waals surface area (Å²) in [6.07, 6.45) is 0. The first-order valence-corrected chi connectivity index (χ1v) is 8.19. The highest BCUT2D eigenvalue weighted by molar-refractivity contribution is 6.31. The maximum absolute atomic E-state index is 10.7. The van der Waals surface area contributed by atoms with E-state index >= 15 is 0 Å². The molecule has 0 atom stereocenters. The normalized spacial score (nSPS) is 11.7. The molecule has 3 aromatic rings. The van der Waals surface area contributed by atoms with Crippen LogP contribution in [-0.2, 0) is 0 Å². The lowest BCUT2D eigenvalue weighted by atomic mass is 10.1. The maximum atomic E-state index is 10.7. The van der Waals surface area contributed by atoms with Gasteiger partial charge in [-0.2, -0.15) is 5.26 Å². The first-order chi connectivity index (χ1) is 13.0. The van der Waals surface area contributed by atoms with E-state index in [1.54, 1.807) is 30.3 Å². The van der Waals surface area contributed by atoms with E-state index in [4.69, 9.17) is 25.8 Å². The van der Waals surface area contributed by atoms with Gasteiger partial charge in [0.05, 0.1) is 32.4 Å². The Bertz CT molecular complexity index is 1060. The van der Waals surface area contributed by atoms with Crippen molar-refractivity contribution in [2.75, 3.05) is 21.3 Å². The van der Waals surface area contributed by atoms with Crippen LogP contribution in [0.5, 0.6) is 17.2 Å². The third-order valence-corrected chi connectivity index (χ3v) is 4.20. The van der Waals surface area contributed by atoms with E-state index in [1.807, 2.05) is 6.07 Å². The zero-order valence-electron chi connectivity index (χ0n) is 14.8. The number of hydrogen-bond donors (Lipinski definition) is 2. The maximum Gasteiger partial charge on any atom is 0.203 e. The van der Waals surface area contributed by atoms with Gasteiger partial charge in [0.25, 0.3) is 0 Å². The zero-order chi connectivity index (χ0) is 19.6. The molecule has 0 fully saturated rings. The monoisotopic (exact) mass is 385 g/mol. The van der Waals surface area contributed by atoms with Gasteiger partial charge in [-0.15, -0.1) is 0 Å². The summed E-state index contributed by atoms with van der Waals surface area (Å²) in [6.45, 7) is 0. The molecule has 0 aliphatic carbocycles. The molecule has 1 heterocycles. The molecule has 8 heteroatoms. The molecule has 27 heavy (non-hydrogen) atoms. The molecule has 0 radical (unpaired) electrons. The van der Waals surface area contributed by atoms with Crippen molar-refractivity contribution in [3.8, 4) is 23.3 Å². The molecular formula is C19H16ClN3O4. The van der Waals surface area contributed by atoms with Crippen LogP contribution >= 0.6 is 11.6 Å². The number of fused-ring (bicyclic) bond motifs is 1. The smallest absolute Gasteiger partial charge is 0.203 e. The number of benzene rings is 2. The number of halogens is 1. The summed E-state index contributed by atoms with van der Waals surface area (Å²) in [5.41, 5.74) is 1.57. The standard InChI is InChI=1S/C19H16ClN3O4/c1-25-15-6-10(7-16(26-2)18(15)27-3)17(24)12(9-21)19-22-13-5-4-11(20)8-14(13)23-19/h4-8,24H,1-3H3,(H,22,23)/b17-12-. The van der Waals surface area contributed by atoms with Crippen molar-refractivity contribution in [3.63, 3.8) is 0 Å². The van der Waals surface area contributed by atoms with Gasteiger partial charge in [-0.1, -0.05) is 11.6 Å². The fourth-order valence-corrected chi connectivity index (χ4v) is 2.85. The lowest BCUT2D eigenvalue weighted by molar-refractivity contribution is 0.324. The number of ether oxygens (including phenoxy) is 3. The van der Waals surface area contributed by atoms with E-state index in [2.05, 4.69) is 9.97 Å². The van der Waals surface area contributed by atoms with Crippen LogP contribution in [0.15, 0.2) is 30.3 Å². The number of aromatic amines is 1. The topological polar surface area (TPSA) is 100 Å². The Morgan fingerprint density at radius 2 is 1.78 bits per heavy atom. The van der Waals surface area contributed by atoms with E-state index in [0.717, 1.165) is 0 Å². The van der Waals surface area contributed by atoms with Crippen molar-refractivity contribution in [3.05, 3.63) is 46.7 Å². The molecule has 0 aliphatic rings. The molecule has 2 aromatic carbocycles. The number of nitrogens with zero attached hydrogens (tertiary/aromatic N) is 2. The molecule has 0 unspecified atom stereocenters. The number of nitriles is 1. The van der Waals surface area contributed by atoms with Gasteiger partial charge in [0.2, 0.25) is 5.75 Å². The Kier molecular flexibility index (Phi) is 5.10. The van der Waals surface area contributed by atoms with Crippen LogP contribution in [0.2, 0.25) is 5.02 Å². The highest BCUT2D eigenvalue weighted by atomic mass is 35.5. The van der Waals surface area contributed by atoms with Gasteiger partial charge in [0, 0.05) is 10.6 Å². The minimum atomic E-state index is -0.276. The van der Waals surface area contributed by atoms with Crippen molar-refractivity contribution in [2.45, 2.75) is 0 Å². The number of nitrogens with one attached hydrogen (secondary N) is 1.